The first-order valence-corrected chi connectivity index (χ1v) is 6.26. The molecule has 3 nitrogen and oxygen atoms in total. The lowest BCUT2D eigenvalue weighted by atomic mass is 10.1. The van der Waals surface area contributed by atoms with E-state index in [4.69, 9.17) is 0 Å². The van der Waals surface area contributed by atoms with Crippen LogP contribution in [0, 0.1) is 19.8 Å². The Morgan fingerprint density at radius 2 is 1.88 bits per heavy atom. The molecule has 1 unspecified atom stereocenters. The van der Waals surface area contributed by atoms with Crippen molar-refractivity contribution in [1.82, 2.24) is 9.78 Å². The molecule has 16 heavy (non-hydrogen) atoms. The third-order valence-corrected chi connectivity index (χ3v) is 3.14. The van der Waals surface area contributed by atoms with Crippen LogP contribution >= 0.6 is 0 Å². The highest BCUT2D eigenvalue weighted by atomic mass is 15.3. The molecule has 3 heteroatoms. The molecule has 0 bridgehead atoms. The standard InChI is InChI=1S/C13H25N3/c1-7-10(4)8-14-13-11(5)15-16(9(2)3)12(13)6/h9-10,14H,7-8H2,1-6H3. The topological polar surface area (TPSA) is 29.9 Å². The summed E-state index contributed by atoms with van der Waals surface area (Å²) in [6.07, 6.45) is 1.21. The van der Waals surface area contributed by atoms with Crippen LogP contribution in [0.1, 0.15) is 51.5 Å². The summed E-state index contributed by atoms with van der Waals surface area (Å²) in [4.78, 5) is 0. The fourth-order valence-corrected chi connectivity index (χ4v) is 1.84. The summed E-state index contributed by atoms with van der Waals surface area (Å²) in [5.41, 5.74) is 3.57. The Bertz CT molecular complexity index is 339. The normalized spacial score (nSPS) is 13.2. The molecule has 0 aromatic carbocycles. The molecule has 92 valence electrons. The van der Waals surface area contributed by atoms with Crippen LogP contribution in [0.4, 0.5) is 5.69 Å². The minimum Gasteiger partial charge on any atom is -0.382 e. The summed E-state index contributed by atoms with van der Waals surface area (Å²) in [7, 11) is 0. The Morgan fingerprint density at radius 3 is 2.31 bits per heavy atom. The highest BCUT2D eigenvalue weighted by Gasteiger charge is 2.13. The molecule has 0 saturated heterocycles. The molecule has 0 saturated carbocycles. The van der Waals surface area contributed by atoms with Crippen LogP contribution in [0.15, 0.2) is 0 Å². The summed E-state index contributed by atoms with van der Waals surface area (Å²) in [5, 5.41) is 8.09. The molecule has 1 aromatic heterocycles. The molecular weight excluding hydrogens is 198 g/mol. The molecule has 0 aliphatic carbocycles. The molecule has 0 radical (unpaired) electrons. The predicted octanol–water partition coefficient (Wildman–Crippen LogP) is 3.54. The zero-order valence-corrected chi connectivity index (χ0v) is 11.5. The second-order valence-electron chi connectivity index (χ2n) is 4.98. The Hall–Kier alpha value is -0.990. The van der Waals surface area contributed by atoms with Crippen molar-refractivity contribution >= 4 is 5.69 Å². The van der Waals surface area contributed by atoms with Gasteiger partial charge in [0.2, 0.25) is 0 Å². The number of anilines is 1. The fourth-order valence-electron chi connectivity index (χ4n) is 1.84. The van der Waals surface area contributed by atoms with Crippen LogP contribution in [-0.2, 0) is 0 Å². The SMILES string of the molecule is CCC(C)CNc1c(C)nn(C(C)C)c1C. The van der Waals surface area contributed by atoms with Gasteiger partial charge in [0, 0.05) is 12.6 Å². The van der Waals surface area contributed by atoms with E-state index in [9.17, 15) is 0 Å². The maximum Gasteiger partial charge on any atom is 0.0828 e. The number of hydrogen-bond acceptors (Lipinski definition) is 2. The smallest absolute Gasteiger partial charge is 0.0828 e. The predicted molar refractivity (Wildman–Crippen MR) is 70.0 cm³/mol. The molecule has 0 aliphatic heterocycles. The van der Waals surface area contributed by atoms with E-state index in [1.54, 1.807) is 0 Å². The minimum absolute atomic E-state index is 0.429. The summed E-state index contributed by atoms with van der Waals surface area (Å²) in [6.45, 7) is 14.1. The van der Waals surface area contributed by atoms with Crippen molar-refractivity contribution in [3.63, 3.8) is 0 Å². The highest BCUT2D eigenvalue weighted by molar-refractivity contribution is 5.52. The van der Waals surface area contributed by atoms with Gasteiger partial charge in [0.1, 0.15) is 0 Å². The molecule has 1 aromatic rings. The third-order valence-electron chi connectivity index (χ3n) is 3.14. The summed E-state index contributed by atoms with van der Waals surface area (Å²) >= 11 is 0. The van der Waals surface area contributed by atoms with Crippen LogP contribution in [-0.4, -0.2) is 16.3 Å². The molecular formula is C13H25N3. The van der Waals surface area contributed by atoms with Gasteiger partial charge in [-0.05, 0) is 33.6 Å². The van der Waals surface area contributed by atoms with E-state index in [2.05, 4.69) is 56.6 Å². The fraction of sp³-hybridized carbons (Fsp3) is 0.769. The molecule has 0 fully saturated rings. The van der Waals surface area contributed by atoms with E-state index >= 15 is 0 Å². The molecule has 1 atom stereocenters. The van der Waals surface area contributed by atoms with Crippen molar-refractivity contribution in [3.8, 4) is 0 Å². The highest BCUT2D eigenvalue weighted by Crippen LogP contribution is 2.22. The summed E-state index contributed by atoms with van der Waals surface area (Å²) in [5.74, 6) is 0.709. The van der Waals surface area contributed by atoms with Gasteiger partial charge in [-0.15, -0.1) is 0 Å². The number of nitrogens with zero attached hydrogens (tertiary/aromatic N) is 2. The molecule has 0 spiro atoms. The number of aryl methyl sites for hydroxylation is 1. The average Bonchev–Trinajstić information content (AvgIpc) is 2.51. The first kappa shape index (κ1) is 13.1. The van der Waals surface area contributed by atoms with Crippen LogP contribution in [0.2, 0.25) is 0 Å². The lowest BCUT2D eigenvalue weighted by Crippen LogP contribution is -2.11. The van der Waals surface area contributed by atoms with Gasteiger partial charge in [-0.25, -0.2) is 0 Å². The summed E-state index contributed by atoms with van der Waals surface area (Å²) < 4.78 is 2.09. The largest absolute Gasteiger partial charge is 0.382 e. The Labute approximate surface area is 99.2 Å². The maximum atomic E-state index is 4.57. The molecule has 1 heterocycles. The van der Waals surface area contributed by atoms with Crippen molar-refractivity contribution in [2.45, 2.75) is 54.0 Å². The summed E-state index contributed by atoms with van der Waals surface area (Å²) in [6, 6.07) is 0.429. The van der Waals surface area contributed by atoms with Gasteiger partial charge in [-0.3, -0.25) is 4.68 Å². The molecule has 1 N–H and O–H groups in total. The van der Waals surface area contributed by atoms with Crippen molar-refractivity contribution in [2.24, 2.45) is 5.92 Å². The van der Waals surface area contributed by atoms with Gasteiger partial charge in [0.25, 0.3) is 0 Å². The van der Waals surface area contributed by atoms with Gasteiger partial charge in [-0.1, -0.05) is 20.3 Å². The van der Waals surface area contributed by atoms with Crippen LogP contribution < -0.4 is 5.32 Å². The average molecular weight is 223 g/mol. The number of nitrogens with one attached hydrogen (secondary N) is 1. The number of aromatic nitrogens is 2. The van der Waals surface area contributed by atoms with E-state index in [0.717, 1.165) is 12.2 Å². The first-order chi connectivity index (χ1) is 7.47. The number of rotatable bonds is 5. The van der Waals surface area contributed by atoms with Gasteiger partial charge in [0.15, 0.2) is 0 Å². The lowest BCUT2D eigenvalue weighted by molar-refractivity contribution is 0.516. The van der Waals surface area contributed by atoms with Crippen molar-refractivity contribution in [2.75, 3.05) is 11.9 Å². The van der Waals surface area contributed by atoms with E-state index < -0.39 is 0 Å². The van der Waals surface area contributed by atoms with Crippen LogP contribution in [0.5, 0.6) is 0 Å². The number of hydrogen-bond donors (Lipinski definition) is 1. The van der Waals surface area contributed by atoms with Crippen LogP contribution in [0.25, 0.3) is 0 Å². The van der Waals surface area contributed by atoms with Crippen molar-refractivity contribution < 1.29 is 0 Å². The lowest BCUT2D eigenvalue weighted by Gasteiger charge is -2.12. The minimum atomic E-state index is 0.429. The monoisotopic (exact) mass is 223 g/mol. The Morgan fingerprint density at radius 1 is 1.25 bits per heavy atom. The van der Waals surface area contributed by atoms with Crippen molar-refractivity contribution in [3.05, 3.63) is 11.4 Å². The Balaban J connectivity index is 2.80. The van der Waals surface area contributed by atoms with Gasteiger partial charge >= 0.3 is 0 Å². The first-order valence-electron chi connectivity index (χ1n) is 6.26. The van der Waals surface area contributed by atoms with Gasteiger partial charge in [0.05, 0.1) is 17.1 Å². The van der Waals surface area contributed by atoms with E-state index in [-0.39, 0.29) is 0 Å². The zero-order valence-electron chi connectivity index (χ0n) is 11.5. The third kappa shape index (κ3) is 2.77. The van der Waals surface area contributed by atoms with E-state index in [1.807, 2.05) is 0 Å². The molecule has 0 amide bonds. The second kappa shape index (κ2) is 5.37. The Kier molecular flexibility index (Phi) is 4.39. The molecule has 0 aliphatic rings. The van der Waals surface area contributed by atoms with E-state index in [1.165, 1.54) is 17.8 Å². The van der Waals surface area contributed by atoms with Crippen LogP contribution in [0.3, 0.4) is 0 Å². The van der Waals surface area contributed by atoms with Gasteiger partial charge in [-0.2, -0.15) is 5.10 Å². The quantitative estimate of drug-likeness (QED) is 0.827. The molecule has 1 rings (SSSR count). The zero-order chi connectivity index (χ0) is 12.3. The second-order valence-corrected chi connectivity index (χ2v) is 4.98. The van der Waals surface area contributed by atoms with E-state index in [0.29, 0.717) is 12.0 Å². The van der Waals surface area contributed by atoms with Gasteiger partial charge < -0.3 is 5.32 Å². The maximum absolute atomic E-state index is 4.57. The van der Waals surface area contributed by atoms with Crippen molar-refractivity contribution in [1.29, 1.82) is 0 Å².